The zero-order chi connectivity index (χ0) is 18.5. The fourth-order valence-corrected chi connectivity index (χ4v) is 2.98. The summed E-state index contributed by atoms with van der Waals surface area (Å²) in [4.78, 5) is 15.1. The molecule has 0 saturated carbocycles. The summed E-state index contributed by atoms with van der Waals surface area (Å²) in [6.45, 7) is 2.04. The molecular weight excluding hydrogens is 359 g/mol. The highest BCUT2D eigenvalue weighted by atomic mass is 32.1. The van der Waals surface area contributed by atoms with E-state index >= 15 is 0 Å². The maximum atomic E-state index is 12.9. The van der Waals surface area contributed by atoms with Crippen molar-refractivity contribution in [3.63, 3.8) is 0 Å². The van der Waals surface area contributed by atoms with Crippen molar-refractivity contribution in [2.24, 2.45) is 0 Å². The number of hydrogen-bond acceptors (Lipinski definition) is 6. The van der Waals surface area contributed by atoms with Gasteiger partial charge in [-0.05, 0) is 37.3 Å². The van der Waals surface area contributed by atoms with Crippen LogP contribution in [-0.2, 0) is 13.2 Å². The fourth-order valence-electron chi connectivity index (χ4n) is 2.29. The molecule has 8 heteroatoms. The number of ether oxygens (including phenoxy) is 2. The van der Waals surface area contributed by atoms with Gasteiger partial charge in [-0.1, -0.05) is 12.1 Å². The van der Waals surface area contributed by atoms with E-state index < -0.39 is 4.92 Å². The molecule has 3 aromatic rings. The molecule has 0 bridgehead atoms. The van der Waals surface area contributed by atoms with Crippen LogP contribution in [0.1, 0.15) is 16.3 Å². The third-order valence-electron chi connectivity index (χ3n) is 3.53. The summed E-state index contributed by atoms with van der Waals surface area (Å²) in [5.41, 5.74) is 1.16. The van der Waals surface area contributed by atoms with E-state index in [1.54, 1.807) is 37.3 Å². The molecule has 0 amide bonds. The third-order valence-corrected chi connectivity index (χ3v) is 4.41. The molecule has 26 heavy (non-hydrogen) atoms. The predicted molar refractivity (Wildman–Crippen MR) is 95.0 cm³/mol. The zero-order valence-corrected chi connectivity index (χ0v) is 14.7. The Kier molecular flexibility index (Phi) is 5.43. The quantitative estimate of drug-likeness (QED) is 0.444. The van der Waals surface area contributed by atoms with Crippen molar-refractivity contribution in [2.45, 2.75) is 20.1 Å². The molecule has 0 radical (unpaired) electrons. The van der Waals surface area contributed by atoms with Gasteiger partial charge in [-0.3, -0.25) is 10.1 Å². The van der Waals surface area contributed by atoms with Gasteiger partial charge in [-0.15, -0.1) is 11.3 Å². The molecule has 0 saturated heterocycles. The second-order valence-electron chi connectivity index (χ2n) is 5.44. The summed E-state index contributed by atoms with van der Waals surface area (Å²) in [5, 5.41) is 13.7. The highest BCUT2D eigenvalue weighted by Crippen LogP contribution is 2.30. The highest BCUT2D eigenvalue weighted by Gasteiger charge is 2.18. The smallest absolute Gasteiger partial charge is 0.313 e. The molecule has 0 aliphatic heterocycles. The first kappa shape index (κ1) is 17.8. The van der Waals surface area contributed by atoms with E-state index in [-0.39, 0.29) is 30.5 Å². The molecule has 0 aliphatic carbocycles. The lowest BCUT2D eigenvalue weighted by atomic mass is 10.2. The Morgan fingerprint density at radius 3 is 2.65 bits per heavy atom. The molecule has 2 aromatic carbocycles. The van der Waals surface area contributed by atoms with Gasteiger partial charge in [-0.25, -0.2) is 9.37 Å². The van der Waals surface area contributed by atoms with Crippen LogP contribution >= 0.6 is 11.3 Å². The summed E-state index contributed by atoms with van der Waals surface area (Å²) in [6, 6.07) is 10.7. The number of benzene rings is 2. The minimum absolute atomic E-state index is 0.0393. The Hall–Kier alpha value is -3.00. The average Bonchev–Trinajstić information content (AvgIpc) is 3.07. The number of nitro benzene ring substituents is 1. The molecule has 134 valence electrons. The number of thiazole rings is 1. The Balaban J connectivity index is 1.60. The van der Waals surface area contributed by atoms with Crippen LogP contribution in [0.15, 0.2) is 47.8 Å². The van der Waals surface area contributed by atoms with Gasteiger partial charge in [0.2, 0.25) is 0 Å². The maximum absolute atomic E-state index is 12.9. The van der Waals surface area contributed by atoms with Crippen LogP contribution in [0.4, 0.5) is 10.1 Å². The van der Waals surface area contributed by atoms with Gasteiger partial charge in [-0.2, -0.15) is 0 Å². The second kappa shape index (κ2) is 7.92. The summed E-state index contributed by atoms with van der Waals surface area (Å²) < 4.78 is 24.0. The zero-order valence-electron chi connectivity index (χ0n) is 13.8. The Bertz CT molecular complexity index is 912. The first-order chi connectivity index (χ1) is 12.5. The van der Waals surface area contributed by atoms with E-state index in [9.17, 15) is 14.5 Å². The molecule has 0 unspecified atom stereocenters. The van der Waals surface area contributed by atoms with E-state index in [1.165, 1.54) is 23.5 Å². The van der Waals surface area contributed by atoms with Gasteiger partial charge in [0.25, 0.3) is 0 Å². The average molecular weight is 374 g/mol. The minimum atomic E-state index is -0.451. The van der Waals surface area contributed by atoms with E-state index in [0.29, 0.717) is 17.0 Å². The van der Waals surface area contributed by atoms with Crippen molar-refractivity contribution < 1.29 is 18.8 Å². The van der Waals surface area contributed by atoms with Gasteiger partial charge in [0.05, 0.1) is 10.6 Å². The van der Waals surface area contributed by atoms with Crippen LogP contribution in [0.3, 0.4) is 0 Å². The first-order valence-electron chi connectivity index (χ1n) is 7.71. The SMILES string of the molecule is Cc1cccc(OCc2csc(COc3ccc(F)cc3)n2)c1[N+](=O)[O-]. The Labute approximate surface area is 153 Å². The Morgan fingerprint density at radius 2 is 1.92 bits per heavy atom. The minimum Gasteiger partial charge on any atom is -0.486 e. The number of aryl methyl sites for hydroxylation is 1. The van der Waals surface area contributed by atoms with Crippen LogP contribution < -0.4 is 9.47 Å². The van der Waals surface area contributed by atoms with Crippen LogP contribution in [0.2, 0.25) is 0 Å². The van der Waals surface area contributed by atoms with Gasteiger partial charge in [0.1, 0.15) is 29.8 Å². The van der Waals surface area contributed by atoms with Crippen molar-refractivity contribution in [1.29, 1.82) is 0 Å². The standard InChI is InChI=1S/C18H15FN2O4S/c1-12-3-2-4-16(18(12)21(22)23)25-9-14-11-26-17(20-14)10-24-15-7-5-13(19)6-8-15/h2-8,11H,9-10H2,1H3. The molecule has 0 spiro atoms. The molecule has 3 rings (SSSR count). The van der Waals surface area contributed by atoms with Crippen LogP contribution in [-0.4, -0.2) is 9.91 Å². The molecule has 6 nitrogen and oxygen atoms in total. The lowest BCUT2D eigenvalue weighted by Crippen LogP contribution is -2.01. The number of hydrogen-bond donors (Lipinski definition) is 0. The lowest BCUT2D eigenvalue weighted by Gasteiger charge is -2.06. The van der Waals surface area contributed by atoms with E-state index in [1.807, 2.05) is 5.38 Å². The van der Waals surface area contributed by atoms with E-state index in [2.05, 4.69) is 4.98 Å². The topological polar surface area (TPSA) is 74.5 Å². The number of para-hydroxylation sites is 1. The van der Waals surface area contributed by atoms with Crippen LogP contribution in [0.5, 0.6) is 11.5 Å². The summed E-state index contributed by atoms with van der Waals surface area (Å²) in [5.74, 6) is 0.443. The van der Waals surface area contributed by atoms with Gasteiger partial charge >= 0.3 is 5.69 Å². The second-order valence-corrected chi connectivity index (χ2v) is 6.39. The van der Waals surface area contributed by atoms with E-state index in [0.717, 1.165) is 5.01 Å². The monoisotopic (exact) mass is 374 g/mol. The normalized spacial score (nSPS) is 10.5. The molecule has 0 fully saturated rings. The number of halogens is 1. The Morgan fingerprint density at radius 1 is 1.15 bits per heavy atom. The van der Waals surface area contributed by atoms with Crippen LogP contribution in [0, 0.1) is 22.9 Å². The molecule has 0 aliphatic rings. The van der Waals surface area contributed by atoms with E-state index in [4.69, 9.17) is 9.47 Å². The van der Waals surface area contributed by atoms with Crippen molar-refractivity contribution in [2.75, 3.05) is 0 Å². The molecule has 0 atom stereocenters. The number of nitro groups is 1. The lowest BCUT2D eigenvalue weighted by molar-refractivity contribution is -0.386. The number of aromatic nitrogens is 1. The largest absolute Gasteiger partial charge is 0.486 e. The molecule has 0 N–H and O–H groups in total. The number of rotatable bonds is 7. The van der Waals surface area contributed by atoms with Crippen molar-refractivity contribution in [1.82, 2.24) is 4.98 Å². The van der Waals surface area contributed by atoms with Crippen molar-refractivity contribution in [3.8, 4) is 11.5 Å². The van der Waals surface area contributed by atoms with Gasteiger partial charge in [0, 0.05) is 10.9 Å². The first-order valence-corrected chi connectivity index (χ1v) is 8.59. The molecular formula is C18H15FN2O4S. The van der Waals surface area contributed by atoms with Gasteiger partial charge in [0.15, 0.2) is 5.75 Å². The summed E-state index contributed by atoms with van der Waals surface area (Å²) >= 11 is 1.40. The van der Waals surface area contributed by atoms with Crippen LogP contribution in [0.25, 0.3) is 0 Å². The van der Waals surface area contributed by atoms with Crippen molar-refractivity contribution >= 4 is 17.0 Å². The van der Waals surface area contributed by atoms with Crippen molar-refractivity contribution in [3.05, 3.63) is 80.0 Å². The third kappa shape index (κ3) is 4.34. The summed E-state index contributed by atoms with van der Waals surface area (Å²) in [6.07, 6.45) is 0. The number of nitrogens with zero attached hydrogens (tertiary/aromatic N) is 2. The molecule has 1 aromatic heterocycles. The maximum Gasteiger partial charge on any atom is 0.313 e. The predicted octanol–water partition coefficient (Wildman–Crippen LogP) is 4.66. The van der Waals surface area contributed by atoms with Gasteiger partial charge < -0.3 is 9.47 Å². The fraction of sp³-hybridized carbons (Fsp3) is 0.167. The highest BCUT2D eigenvalue weighted by molar-refractivity contribution is 7.09. The summed E-state index contributed by atoms with van der Waals surface area (Å²) in [7, 11) is 0. The molecule has 1 heterocycles.